The zero-order valence-electron chi connectivity index (χ0n) is 26.1. The lowest BCUT2D eigenvalue weighted by Gasteiger charge is -2.11. The second-order valence-electron chi connectivity index (χ2n) is 11.0. The highest BCUT2D eigenvalue weighted by Gasteiger charge is 2.08. The van der Waals surface area contributed by atoms with Crippen molar-refractivity contribution in [3.05, 3.63) is 48.6 Å². The van der Waals surface area contributed by atoms with Crippen LogP contribution in [0.5, 0.6) is 0 Å². The first-order valence-electron chi connectivity index (χ1n) is 16.6. The number of carboxylic acids is 1. The molecule has 4 heteroatoms. The summed E-state index contributed by atoms with van der Waals surface area (Å²) in [5.74, 6) is -0.861. The monoisotopic (exact) mass is 558 g/mol. The third-order valence-corrected chi connectivity index (χ3v) is 7.00. The van der Waals surface area contributed by atoms with E-state index >= 15 is 0 Å². The van der Waals surface area contributed by atoms with Gasteiger partial charge in [-0.3, -0.25) is 9.59 Å². The van der Waals surface area contributed by atoms with Crippen molar-refractivity contribution in [1.29, 1.82) is 0 Å². The van der Waals surface area contributed by atoms with Gasteiger partial charge >= 0.3 is 11.9 Å². The van der Waals surface area contributed by atoms with Crippen molar-refractivity contribution in [2.24, 2.45) is 0 Å². The van der Waals surface area contributed by atoms with Gasteiger partial charge in [0.1, 0.15) is 6.10 Å². The van der Waals surface area contributed by atoms with Crippen LogP contribution in [0.25, 0.3) is 0 Å². The van der Waals surface area contributed by atoms with E-state index in [0.29, 0.717) is 12.8 Å². The second kappa shape index (κ2) is 31.4. The fraction of sp³-hybridized carbons (Fsp3) is 0.722. The third-order valence-electron chi connectivity index (χ3n) is 7.00. The highest BCUT2D eigenvalue weighted by Crippen LogP contribution is 2.13. The molecular weight excluding hydrogens is 496 g/mol. The highest BCUT2D eigenvalue weighted by atomic mass is 16.5. The topological polar surface area (TPSA) is 63.6 Å². The maximum atomic E-state index is 12.4. The molecule has 0 rings (SSSR count). The Balaban J connectivity index is 3.95. The lowest BCUT2D eigenvalue weighted by molar-refractivity contribution is -0.145. The van der Waals surface area contributed by atoms with Gasteiger partial charge in [-0.1, -0.05) is 121 Å². The molecule has 0 radical (unpaired) electrons. The smallest absolute Gasteiger partial charge is 0.306 e. The Morgan fingerprint density at radius 1 is 0.575 bits per heavy atom. The summed E-state index contributed by atoms with van der Waals surface area (Å²) in [6.07, 6.45) is 41.7. The van der Waals surface area contributed by atoms with E-state index < -0.39 is 5.97 Å². The summed E-state index contributed by atoms with van der Waals surface area (Å²) in [4.78, 5) is 23.0. The fourth-order valence-corrected chi connectivity index (χ4v) is 4.55. The molecule has 0 aromatic rings. The number of carbonyl (C=O) groups is 2. The molecule has 0 amide bonds. The molecule has 0 aromatic carbocycles. The number of carboxylic acid groups (broad SMARTS) is 1. The summed E-state index contributed by atoms with van der Waals surface area (Å²) >= 11 is 0. The summed E-state index contributed by atoms with van der Waals surface area (Å²) in [6.45, 7) is 4.38. The number of rotatable bonds is 29. The van der Waals surface area contributed by atoms with Crippen molar-refractivity contribution in [3.63, 3.8) is 0 Å². The molecule has 0 saturated heterocycles. The number of unbranched alkanes of at least 4 members (excludes halogenated alkanes) is 16. The number of esters is 1. The number of allylic oxidation sites excluding steroid dienone is 6. The van der Waals surface area contributed by atoms with Crippen LogP contribution >= 0.6 is 0 Å². The maximum Gasteiger partial charge on any atom is 0.306 e. The zero-order chi connectivity index (χ0) is 29.4. The summed E-state index contributed by atoms with van der Waals surface area (Å²) in [7, 11) is 0. The van der Waals surface area contributed by atoms with E-state index in [0.717, 1.165) is 44.9 Å². The second-order valence-corrected chi connectivity index (χ2v) is 11.0. The lowest BCUT2D eigenvalue weighted by Crippen LogP contribution is -2.13. The summed E-state index contributed by atoms with van der Waals surface area (Å²) in [5, 5.41) is 8.73. The van der Waals surface area contributed by atoms with Gasteiger partial charge in [0, 0.05) is 12.8 Å². The number of hydrogen-bond acceptors (Lipinski definition) is 3. The van der Waals surface area contributed by atoms with Crippen LogP contribution in [0.2, 0.25) is 0 Å². The van der Waals surface area contributed by atoms with Crippen LogP contribution in [0.1, 0.15) is 162 Å². The molecule has 230 valence electrons. The maximum absolute atomic E-state index is 12.4. The minimum Gasteiger partial charge on any atom is -0.481 e. The summed E-state index contributed by atoms with van der Waals surface area (Å²) < 4.78 is 5.72. The van der Waals surface area contributed by atoms with Crippen LogP contribution < -0.4 is 0 Å². The highest BCUT2D eigenvalue weighted by molar-refractivity contribution is 5.69. The standard InChI is InChI=1S/C36H62O4/c1-3-5-7-9-10-11-12-13-14-15-16-17-18-19-20-25-29-33-36(39)40-34(30-26-22-8-6-4-2)31-27-23-21-24-28-32-35(37)38/h6,8,13-14,26-27,30-31,34H,3-5,7,9-12,15-25,28-29,32-33H2,1-2H3,(H,37,38)/b8-6-,14-13-,30-26-,31-27-. The molecule has 0 aromatic heterocycles. The molecule has 1 atom stereocenters. The van der Waals surface area contributed by atoms with E-state index in [1.165, 1.54) is 83.5 Å². The van der Waals surface area contributed by atoms with Crippen molar-refractivity contribution < 1.29 is 19.4 Å². The van der Waals surface area contributed by atoms with Gasteiger partial charge in [0.25, 0.3) is 0 Å². The molecule has 0 aliphatic carbocycles. The van der Waals surface area contributed by atoms with Crippen LogP contribution in [-0.2, 0) is 14.3 Å². The van der Waals surface area contributed by atoms with E-state index in [9.17, 15) is 9.59 Å². The minimum absolute atomic E-state index is 0.127. The molecular formula is C36H62O4. The molecule has 1 unspecified atom stereocenters. The van der Waals surface area contributed by atoms with E-state index in [1.807, 2.05) is 18.2 Å². The average molecular weight is 559 g/mol. The molecule has 4 nitrogen and oxygen atoms in total. The van der Waals surface area contributed by atoms with Gasteiger partial charge < -0.3 is 9.84 Å². The third kappa shape index (κ3) is 30.4. The van der Waals surface area contributed by atoms with Crippen LogP contribution in [0.15, 0.2) is 48.6 Å². The van der Waals surface area contributed by atoms with Crippen LogP contribution in [0.4, 0.5) is 0 Å². The Bertz CT molecular complexity index is 689. The predicted octanol–water partition coefficient (Wildman–Crippen LogP) is 11.2. The molecule has 0 bridgehead atoms. The van der Waals surface area contributed by atoms with E-state index in [4.69, 9.17) is 9.84 Å². The van der Waals surface area contributed by atoms with Gasteiger partial charge in [-0.2, -0.15) is 0 Å². The lowest BCUT2D eigenvalue weighted by atomic mass is 10.1. The normalized spacial score (nSPS) is 12.8. The Morgan fingerprint density at radius 3 is 1.68 bits per heavy atom. The fourth-order valence-electron chi connectivity index (χ4n) is 4.55. The van der Waals surface area contributed by atoms with Crippen LogP contribution in [-0.4, -0.2) is 23.1 Å². The Labute approximate surface area is 247 Å². The van der Waals surface area contributed by atoms with Crippen LogP contribution in [0, 0.1) is 0 Å². The predicted molar refractivity (Wildman–Crippen MR) is 172 cm³/mol. The van der Waals surface area contributed by atoms with Crippen molar-refractivity contribution in [2.45, 2.75) is 168 Å². The van der Waals surface area contributed by atoms with Crippen LogP contribution in [0.3, 0.4) is 0 Å². The van der Waals surface area contributed by atoms with E-state index in [2.05, 4.69) is 44.2 Å². The van der Waals surface area contributed by atoms with Gasteiger partial charge in [0.05, 0.1) is 0 Å². The SMILES string of the molecule is CC/C=C\C/C=C\C(/C=C\CCCCCC(=O)O)OC(=O)CCCCCCCCC/C=C\CCCCCCCC. The minimum atomic E-state index is -0.734. The Morgan fingerprint density at radius 2 is 1.07 bits per heavy atom. The summed E-state index contributed by atoms with van der Waals surface area (Å²) in [5.41, 5.74) is 0. The van der Waals surface area contributed by atoms with Gasteiger partial charge in [-0.15, -0.1) is 0 Å². The molecule has 0 fully saturated rings. The number of carbonyl (C=O) groups excluding carboxylic acids is 1. The summed E-state index contributed by atoms with van der Waals surface area (Å²) in [6, 6.07) is 0. The van der Waals surface area contributed by atoms with Gasteiger partial charge in [0.2, 0.25) is 0 Å². The molecule has 0 saturated carbocycles. The van der Waals surface area contributed by atoms with Crippen molar-refractivity contribution in [3.8, 4) is 0 Å². The van der Waals surface area contributed by atoms with Crippen molar-refractivity contribution in [2.75, 3.05) is 0 Å². The van der Waals surface area contributed by atoms with E-state index in [1.54, 1.807) is 0 Å². The van der Waals surface area contributed by atoms with E-state index in [-0.39, 0.29) is 18.5 Å². The quantitative estimate of drug-likeness (QED) is 0.0563. The van der Waals surface area contributed by atoms with Gasteiger partial charge in [0.15, 0.2) is 0 Å². The molecule has 40 heavy (non-hydrogen) atoms. The zero-order valence-corrected chi connectivity index (χ0v) is 26.1. The van der Waals surface area contributed by atoms with Gasteiger partial charge in [-0.05, 0) is 76.4 Å². The van der Waals surface area contributed by atoms with Gasteiger partial charge in [-0.25, -0.2) is 0 Å². The molecule has 0 aliphatic heterocycles. The Kier molecular flexibility index (Phi) is 29.8. The van der Waals surface area contributed by atoms with Crippen molar-refractivity contribution >= 4 is 11.9 Å². The first kappa shape index (κ1) is 37.9. The Hall–Kier alpha value is -2.10. The average Bonchev–Trinajstić information content (AvgIpc) is 2.93. The molecule has 0 heterocycles. The van der Waals surface area contributed by atoms with Crippen molar-refractivity contribution in [1.82, 2.24) is 0 Å². The number of hydrogen-bond donors (Lipinski definition) is 1. The molecule has 0 aliphatic rings. The largest absolute Gasteiger partial charge is 0.481 e. The number of aliphatic carboxylic acids is 1. The molecule has 0 spiro atoms. The number of ether oxygens (including phenoxy) is 1. The first-order valence-corrected chi connectivity index (χ1v) is 16.6. The first-order chi connectivity index (χ1) is 19.6. The molecule has 1 N–H and O–H groups in total.